The van der Waals surface area contributed by atoms with Gasteiger partial charge in [-0.25, -0.2) is 10.1 Å². The minimum absolute atomic E-state index is 0.149. The van der Waals surface area contributed by atoms with Crippen LogP contribution in [0.5, 0.6) is 0 Å². The molecule has 0 aromatic heterocycles. The molecule has 122 valence electrons. The maximum absolute atomic E-state index is 12.1. The summed E-state index contributed by atoms with van der Waals surface area (Å²) in [5.41, 5.74) is 0.0341. The first-order chi connectivity index (χ1) is 10.1. The van der Waals surface area contributed by atoms with Crippen LogP contribution in [0, 0.1) is 10.7 Å². The van der Waals surface area contributed by atoms with E-state index in [1.165, 1.54) is 5.32 Å². The van der Waals surface area contributed by atoms with Crippen LogP contribution in [0.1, 0.15) is 31.1 Å². The summed E-state index contributed by atoms with van der Waals surface area (Å²) in [5.74, 6) is -0.376. The topological polar surface area (TPSA) is 69.2 Å². The number of primary amides is 1. The number of hydrogen-bond donors (Lipinski definition) is 1. The molecule has 0 unspecified atom stereocenters. The van der Waals surface area contributed by atoms with Crippen molar-refractivity contribution in [2.75, 3.05) is 13.2 Å². The molecule has 0 bridgehead atoms. The van der Waals surface area contributed by atoms with E-state index in [0.717, 1.165) is 10.7 Å². The summed E-state index contributed by atoms with van der Waals surface area (Å²) in [6, 6.07) is 3.79. The Morgan fingerprint density at radius 3 is 2.41 bits per heavy atom. The van der Waals surface area contributed by atoms with E-state index < -0.39 is 11.7 Å². The first-order valence-electron chi connectivity index (χ1n) is 6.48. The Balaban J connectivity index is 2.46. The number of carbonyl (C=O) groups is 2. The highest BCUT2D eigenvalue weighted by Crippen LogP contribution is 2.23. The molecule has 1 aromatic carbocycles. The fourth-order valence-corrected chi connectivity index (χ4v) is 3.83. The number of ether oxygens (including phenoxy) is 2. The molecule has 0 aliphatic carbocycles. The van der Waals surface area contributed by atoms with Crippen LogP contribution in [0.4, 0.5) is 4.79 Å². The number of esters is 1. The highest BCUT2D eigenvalue weighted by Gasteiger charge is 2.19. The van der Waals surface area contributed by atoms with E-state index in [0.29, 0.717) is 12.1 Å². The Bertz CT molecular complexity index is 570. The molecule has 1 amide bonds. The molecule has 0 atom stereocenters. The number of carbonyl (C=O) groups excluding carboxylic acids is 2. The number of quaternary nitrogens is 1. The van der Waals surface area contributed by atoms with Crippen LogP contribution in [-0.4, -0.2) is 30.8 Å². The molecular weight excluding hydrogens is 627 g/mol. The standard InChI is InChI=1S/C14H16I3NO4/c1-14(2,3)22-13(20)18-4-5-21-12(19)9-6-8(15)7-10(16)11(9)17/h6-7H,4-5H2,1-3H3,(H,18,20)/p+1. The van der Waals surface area contributed by atoms with Crippen molar-refractivity contribution >= 4 is 79.8 Å². The molecule has 0 aliphatic heterocycles. The Hall–Kier alpha value is 0.310. The van der Waals surface area contributed by atoms with Crippen molar-refractivity contribution in [3.63, 3.8) is 0 Å². The highest BCUT2D eigenvalue weighted by atomic mass is 127. The number of hydrogen-bond acceptors (Lipinski definition) is 4. The zero-order valence-electron chi connectivity index (χ0n) is 12.4. The lowest BCUT2D eigenvalue weighted by Gasteiger charge is -2.17. The van der Waals surface area contributed by atoms with Crippen molar-refractivity contribution < 1.29 is 24.4 Å². The van der Waals surface area contributed by atoms with Crippen molar-refractivity contribution in [2.24, 2.45) is 0 Å². The van der Waals surface area contributed by atoms with Gasteiger partial charge >= 0.3 is 12.1 Å². The summed E-state index contributed by atoms with van der Waals surface area (Å²) in [6.07, 6.45) is -0.401. The van der Waals surface area contributed by atoms with Gasteiger partial charge in [-0.2, -0.15) is 4.79 Å². The zero-order chi connectivity index (χ0) is 16.9. The van der Waals surface area contributed by atoms with Gasteiger partial charge in [-0.3, -0.25) is 0 Å². The van der Waals surface area contributed by atoms with Gasteiger partial charge in [0.1, 0.15) is 18.8 Å². The Morgan fingerprint density at radius 2 is 1.82 bits per heavy atom. The van der Waals surface area contributed by atoms with Crippen LogP contribution in [0.3, 0.4) is 0 Å². The van der Waals surface area contributed by atoms with Crippen LogP contribution in [0.2, 0.25) is 0 Å². The third-order valence-electron chi connectivity index (χ3n) is 2.28. The summed E-state index contributed by atoms with van der Waals surface area (Å²) < 4.78 is 13.2. The smallest absolute Gasteiger partial charge is 0.456 e. The summed E-state index contributed by atoms with van der Waals surface area (Å²) in [5, 5.41) is 1.39. The van der Waals surface area contributed by atoms with Gasteiger partial charge in [-0.05, 0) is 101 Å². The predicted molar refractivity (Wildman–Crippen MR) is 108 cm³/mol. The fourth-order valence-electron chi connectivity index (χ4n) is 1.45. The van der Waals surface area contributed by atoms with E-state index in [4.69, 9.17) is 9.47 Å². The largest absolute Gasteiger partial charge is 0.513 e. The number of nitrogens with two attached hydrogens (primary N) is 1. The lowest BCUT2D eigenvalue weighted by molar-refractivity contribution is -0.574. The number of halogens is 3. The fraction of sp³-hybridized carbons (Fsp3) is 0.429. The van der Waals surface area contributed by atoms with Gasteiger partial charge in [0.15, 0.2) is 0 Å². The summed E-state index contributed by atoms with van der Waals surface area (Å²) in [7, 11) is 0. The Labute approximate surface area is 170 Å². The third kappa shape index (κ3) is 7.25. The third-order valence-corrected chi connectivity index (χ3v) is 5.95. The van der Waals surface area contributed by atoms with Crippen molar-refractivity contribution in [3.8, 4) is 0 Å². The van der Waals surface area contributed by atoms with Gasteiger partial charge in [-0.1, -0.05) is 0 Å². The van der Waals surface area contributed by atoms with Crippen molar-refractivity contribution in [2.45, 2.75) is 26.4 Å². The van der Waals surface area contributed by atoms with Gasteiger partial charge < -0.3 is 9.47 Å². The van der Waals surface area contributed by atoms with E-state index in [-0.39, 0.29) is 12.6 Å². The summed E-state index contributed by atoms with van der Waals surface area (Å²) in [4.78, 5) is 23.6. The lowest BCUT2D eigenvalue weighted by atomic mass is 10.2. The minimum atomic E-state index is -0.516. The van der Waals surface area contributed by atoms with Crippen LogP contribution in [-0.2, 0) is 9.47 Å². The number of amides is 1. The Morgan fingerprint density at radius 1 is 1.18 bits per heavy atom. The molecule has 2 N–H and O–H groups in total. The lowest BCUT2D eigenvalue weighted by Crippen LogP contribution is -2.89. The van der Waals surface area contributed by atoms with E-state index in [9.17, 15) is 9.59 Å². The monoisotopic (exact) mass is 644 g/mol. The molecule has 5 nitrogen and oxygen atoms in total. The molecule has 1 aromatic rings. The zero-order valence-corrected chi connectivity index (χ0v) is 18.9. The number of rotatable bonds is 4. The molecule has 0 heterocycles. The Kier molecular flexibility index (Phi) is 8.30. The van der Waals surface area contributed by atoms with Crippen LogP contribution in [0.25, 0.3) is 0 Å². The summed E-state index contributed by atoms with van der Waals surface area (Å²) >= 11 is 6.48. The summed E-state index contributed by atoms with van der Waals surface area (Å²) in [6.45, 7) is 5.90. The van der Waals surface area contributed by atoms with Crippen LogP contribution >= 0.6 is 67.8 Å². The molecule has 0 radical (unpaired) electrons. The van der Waals surface area contributed by atoms with E-state index in [1.807, 2.05) is 6.07 Å². The second kappa shape index (κ2) is 8.97. The quantitative estimate of drug-likeness (QED) is 0.237. The average molecular weight is 644 g/mol. The first-order valence-corrected chi connectivity index (χ1v) is 9.71. The second-order valence-electron chi connectivity index (χ2n) is 5.41. The second-order valence-corrected chi connectivity index (χ2v) is 8.90. The molecule has 0 aliphatic rings. The SMILES string of the molecule is CC(C)(C)OC(=O)[NH2+]CCOC(=O)c1cc(I)cc(I)c1I. The van der Waals surface area contributed by atoms with Gasteiger partial charge in [0.25, 0.3) is 0 Å². The van der Waals surface area contributed by atoms with Gasteiger partial charge in [0.2, 0.25) is 0 Å². The maximum atomic E-state index is 12.1. The maximum Gasteiger partial charge on any atom is 0.513 e. The van der Waals surface area contributed by atoms with Crippen molar-refractivity contribution in [1.29, 1.82) is 0 Å². The van der Waals surface area contributed by atoms with Crippen LogP contribution < -0.4 is 5.32 Å². The molecule has 0 saturated carbocycles. The molecule has 0 spiro atoms. The molecule has 0 saturated heterocycles. The number of benzene rings is 1. The first kappa shape index (κ1) is 20.4. The molecule has 0 fully saturated rings. The van der Waals surface area contributed by atoms with E-state index in [2.05, 4.69) is 67.8 Å². The minimum Gasteiger partial charge on any atom is -0.456 e. The van der Waals surface area contributed by atoms with Gasteiger partial charge in [-0.15, -0.1) is 0 Å². The van der Waals surface area contributed by atoms with Gasteiger partial charge in [0, 0.05) is 10.7 Å². The van der Waals surface area contributed by atoms with Crippen molar-refractivity contribution in [1.82, 2.24) is 0 Å². The van der Waals surface area contributed by atoms with E-state index >= 15 is 0 Å². The molecule has 22 heavy (non-hydrogen) atoms. The van der Waals surface area contributed by atoms with Crippen molar-refractivity contribution in [3.05, 3.63) is 28.4 Å². The van der Waals surface area contributed by atoms with Crippen LogP contribution in [0.15, 0.2) is 12.1 Å². The highest BCUT2D eigenvalue weighted by molar-refractivity contribution is 14.1. The molecule has 1 rings (SSSR count). The predicted octanol–water partition coefficient (Wildman–Crippen LogP) is 3.16. The molecule has 8 heteroatoms. The van der Waals surface area contributed by atoms with E-state index in [1.54, 1.807) is 26.8 Å². The normalized spacial score (nSPS) is 11.2. The average Bonchev–Trinajstić information content (AvgIpc) is 2.36. The molecular formula is C14H17I3NO4+. The van der Waals surface area contributed by atoms with Gasteiger partial charge in [0.05, 0.1) is 5.56 Å².